The van der Waals surface area contributed by atoms with Crippen LogP contribution in [0.15, 0.2) is 42.5 Å². The summed E-state index contributed by atoms with van der Waals surface area (Å²) in [4.78, 5) is 25.0. The van der Waals surface area contributed by atoms with E-state index in [1.165, 1.54) is 47.4 Å². The molecule has 0 saturated heterocycles. The molecule has 1 aliphatic rings. The van der Waals surface area contributed by atoms with Gasteiger partial charge in [-0.2, -0.15) is 13.2 Å². The van der Waals surface area contributed by atoms with Crippen molar-refractivity contribution in [2.24, 2.45) is 0 Å². The number of carbonyl (C=O) groups is 2. The van der Waals surface area contributed by atoms with Crippen LogP contribution in [0.4, 0.5) is 28.9 Å². The second-order valence-electron chi connectivity index (χ2n) is 5.95. The lowest BCUT2D eigenvalue weighted by atomic mass is 10.1. The zero-order chi connectivity index (χ0) is 19.8. The summed E-state index contributed by atoms with van der Waals surface area (Å²) < 4.78 is 55.9. The first-order chi connectivity index (χ1) is 12.6. The zero-order valence-corrected chi connectivity index (χ0v) is 14.0. The Labute approximate surface area is 151 Å². The number of halogens is 4. The predicted octanol–water partition coefficient (Wildman–Crippen LogP) is 3.64. The Morgan fingerprint density at radius 3 is 2.48 bits per heavy atom. The molecule has 0 aliphatic carbocycles. The number of benzene rings is 2. The van der Waals surface area contributed by atoms with E-state index in [2.05, 4.69) is 0 Å². The van der Waals surface area contributed by atoms with Crippen LogP contribution in [0.3, 0.4) is 0 Å². The molecule has 1 N–H and O–H groups in total. The molecular weight excluding hydrogens is 368 g/mol. The maximum atomic E-state index is 13.1. The van der Waals surface area contributed by atoms with Gasteiger partial charge in [-0.05, 0) is 42.8 Å². The number of hydrogen-bond donors (Lipinski definition) is 1. The van der Waals surface area contributed by atoms with Crippen LogP contribution in [0.25, 0.3) is 0 Å². The van der Waals surface area contributed by atoms with E-state index in [1.807, 2.05) is 0 Å². The lowest BCUT2D eigenvalue weighted by molar-refractivity contribution is -0.167. The number of ether oxygens (including phenoxy) is 1. The van der Waals surface area contributed by atoms with E-state index in [9.17, 15) is 27.2 Å². The second-order valence-corrected chi connectivity index (χ2v) is 5.95. The molecule has 1 heterocycles. The highest BCUT2D eigenvalue weighted by Crippen LogP contribution is 2.37. The molecule has 0 spiro atoms. The van der Waals surface area contributed by atoms with Crippen molar-refractivity contribution in [3.05, 3.63) is 53.8 Å². The van der Waals surface area contributed by atoms with Crippen molar-refractivity contribution in [2.75, 3.05) is 10.2 Å². The molecule has 27 heavy (non-hydrogen) atoms. The molecule has 1 unspecified atom stereocenters. The van der Waals surface area contributed by atoms with Crippen LogP contribution in [0.2, 0.25) is 0 Å². The van der Waals surface area contributed by atoms with E-state index in [-0.39, 0.29) is 23.7 Å². The highest BCUT2D eigenvalue weighted by Gasteiger charge is 2.39. The van der Waals surface area contributed by atoms with E-state index in [0.717, 1.165) is 0 Å². The maximum Gasteiger partial charge on any atom is 0.471 e. The number of hydrogen-bond acceptors (Lipinski definition) is 3. The van der Waals surface area contributed by atoms with Crippen LogP contribution < -0.4 is 15.0 Å². The Kier molecular flexibility index (Phi) is 4.77. The molecule has 2 amide bonds. The fourth-order valence-corrected chi connectivity index (χ4v) is 2.62. The Morgan fingerprint density at radius 1 is 1.19 bits per heavy atom. The molecule has 3 rings (SSSR count). The minimum absolute atomic E-state index is 0.0660. The standard InChI is InChI=1S/C18H14F4N2O3/c1-10-16(25)24(9-11-2-4-12(19)5-3-11)14-8-13(6-7-15(14)27-10)23-17(26)18(20,21)22/h2-8,10H,9H2,1H3,(H,23,26). The average molecular weight is 382 g/mol. The third kappa shape index (κ3) is 4.02. The van der Waals surface area contributed by atoms with Gasteiger partial charge in [-0.1, -0.05) is 12.1 Å². The van der Waals surface area contributed by atoms with Crippen molar-refractivity contribution >= 4 is 23.2 Å². The fourth-order valence-electron chi connectivity index (χ4n) is 2.62. The Balaban J connectivity index is 1.93. The molecule has 2 aromatic carbocycles. The normalized spacial score (nSPS) is 16.6. The minimum Gasteiger partial charge on any atom is -0.479 e. The summed E-state index contributed by atoms with van der Waals surface area (Å²) in [5.41, 5.74) is 0.697. The first-order valence-electron chi connectivity index (χ1n) is 7.90. The molecule has 1 atom stereocenters. The summed E-state index contributed by atoms with van der Waals surface area (Å²) in [6.45, 7) is 1.61. The molecule has 0 fully saturated rings. The molecule has 0 bridgehead atoms. The third-order valence-electron chi connectivity index (χ3n) is 3.94. The Bertz CT molecular complexity index is 881. The van der Waals surface area contributed by atoms with Gasteiger partial charge in [0.25, 0.3) is 5.91 Å². The van der Waals surface area contributed by atoms with Crippen molar-refractivity contribution in [2.45, 2.75) is 25.7 Å². The minimum atomic E-state index is -5.04. The van der Waals surface area contributed by atoms with Gasteiger partial charge < -0.3 is 15.0 Å². The Hall–Kier alpha value is -3.10. The van der Waals surface area contributed by atoms with Gasteiger partial charge in [-0.25, -0.2) is 4.39 Å². The largest absolute Gasteiger partial charge is 0.479 e. The molecule has 2 aromatic rings. The number of alkyl halides is 3. The van der Waals surface area contributed by atoms with Crippen LogP contribution >= 0.6 is 0 Å². The van der Waals surface area contributed by atoms with E-state index in [0.29, 0.717) is 5.56 Å². The lowest BCUT2D eigenvalue weighted by Gasteiger charge is -2.33. The number of fused-ring (bicyclic) bond motifs is 1. The highest BCUT2D eigenvalue weighted by molar-refractivity contribution is 6.01. The van der Waals surface area contributed by atoms with Crippen LogP contribution in [-0.4, -0.2) is 24.1 Å². The van der Waals surface area contributed by atoms with Crippen LogP contribution in [0.1, 0.15) is 12.5 Å². The van der Waals surface area contributed by atoms with Crippen molar-refractivity contribution < 1.29 is 31.9 Å². The monoisotopic (exact) mass is 382 g/mol. The van der Waals surface area contributed by atoms with Crippen LogP contribution in [-0.2, 0) is 16.1 Å². The number of carbonyl (C=O) groups excluding carboxylic acids is 2. The summed E-state index contributed by atoms with van der Waals surface area (Å²) in [6.07, 6.45) is -5.83. The number of anilines is 2. The van der Waals surface area contributed by atoms with Gasteiger partial charge >= 0.3 is 12.1 Å². The number of nitrogens with zero attached hydrogens (tertiary/aromatic N) is 1. The summed E-state index contributed by atoms with van der Waals surface area (Å²) in [6, 6.07) is 9.33. The number of rotatable bonds is 3. The van der Waals surface area contributed by atoms with Crippen molar-refractivity contribution in [3.63, 3.8) is 0 Å². The van der Waals surface area contributed by atoms with Gasteiger partial charge in [0.15, 0.2) is 6.10 Å². The molecule has 0 radical (unpaired) electrons. The first kappa shape index (κ1) is 18.7. The van der Waals surface area contributed by atoms with E-state index in [1.54, 1.807) is 12.2 Å². The molecule has 0 aromatic heterocycles. The topological polar surface area (TPSA) is 58.6 Å². The van der Waals surface area contributed by atoms with Crippen molar-refractivity contribution in [3.8, 4) is 5.75 Å². The van der Waals surface area contributed by atoms with Gasteiger partial charge in [0, 0.05) is 5.69 Å². The van der Waals surface area contributed by atoms with Crippen molar-refractivity contribution in [1.82, 2.24) is 0 Å². The van der Waals surface area contributed by atoms with Crippen LogP contribution in [0.5, 0.6) is 5.75 Å². The fraction of sp³-hybridized carbons (Fsp3) is 0.222. The number of nitrogens with one attached hydrogen (secondary N) is 1. The van der Waals surface area contributed by atoms with Gasteiger partial charge in [-0.15, -0.1) is 0 Å². The first-order valence-corrected chi connectivity index (χ1v) is 7.90. The van der Waals surface area contributed by atoms with Gasteiger partial charge in [0.1, 0.15) is 11.6 Å². The SMILES string of the molecule is CC1Oc2ccc(NC(=O)C(F)(F)F)cc2N(Cc2ccc(F)cc2)C1=O. The van der Waals surface area contributed by atoms with E-state index < -0.39 is 29.9 Å². The Morgan fingerprint density at radius 2 is 1.85 bits per heavy atom. The van der Waals surface area contributed by atoms with E-state index >= 15 is 0 Å². The van der Waals surface area contributed by atoms with E-state index in [4.69, 9.17) is 4.74 Å². The number of amides is 2. The summed E-state index contributed by atoms with van der Waals surface area (Å²) in [5, 5.41) is 1.74. The molecule has 1 aliphatic heterocycles. The molecule has 5 nitrogen and oxygen atoms in total. The average Bonchev–Trinajstić information content (AvgIpc) is 2.60. The summed E-state index contributed by atoms with van der Waals surface area (Å²) >= 11 is 0. The predicted molar refractivity (Wildman–Crippen MR) is 88.8 cm³/mol. The maximum absolute atomic E-state index is 13.1. The summed E-state index contributed by atoms with van der Waals surface area (Å²) in [7, 11) is 0. The smallest absolute Gasteiger partial charge is 0.471 e. The van der Waals surface area contributed by atoms with Gasteiger partial charge in [0.05, 0.1) is 12.2 Å². The summed E-state index contributed by atoms with van der Waals surface area (Å²) in [5.74, 6) is -2.68. The highest BCUT2D eigenvalue weighted by atomic mass is 19.4. The molecular formula is C18H14F4N2O3. The molecule has 0 saturated carbocycles. The quantitative estimate of drug-likeness (QED) is 0.825. The zero-order valence-electron chi connectivity index (χ0n) is 14.0. The van der Waals surface area contributed by atoms with Gasteiger partial charge in [0.2, 0.25) is 0 Å². The van der Waals surface area contributed by atoms with Crippen LogP contribution in [0, 0.1) is 5.82 Å². The van der Waals surface area contributed by atoms with Gasteiger partial charge in [-0.3, -0.25) is 9.59 Å². The lowest BCUT2D eigenvalue weighted by Crippen LogP contribution is -2.44. The van der Waals surface area contributed by atoms with Crippen molar-refractivity contribution in [1.29, 1.82) is 0 Å². The molecule has 142 valence electrons. The second kappa shape index (κ2) is 6.90. The third-order valence-corrected chi connectivity index (χ3v) is 3.94. The molecule has 9 heteroatoms.